The summed E-state index contributed by atoms with van der Waals surface area (Å²) in [4.78, 5) is 0. The summed E-state index contributed by atoms with van der Waals surface area (Å²) < 4.78 is 11.4. The number of nitriles is 1. The molecule has 0 aliphatic rings. The Bertz CT molecular complexity index is 830. The molecule has 0 saturated carbocycles. The third-order valence-corrected chi connectivity index (χ3v) is 3.55. The van der Waals surface area contributed by atoms with Crippen molar-refractivity contribution in [3.8, 4) is 34.7 Å². The van der Waals surface area contributed by atoms with Gasteiger partial charge in [0.1, 0.15) is 5.75 Å². The molecule has 0 amide bonds. The average Bonchev–Trinajstić information content (AvgIpc) is 3.13. The van der Waals surface area contributed by atoms with E-state index in [-0.39, 0.29) is 0 Å². The van der Waals surface area contributed by atoms with E-state index in [1.807, 2.05) is 24.3 Å². The quantitative estimate of drug-likeness (QED) is 0.627. The lowest BCUT2D eigenvalue weighted by atomic mass is 10.1. The largest absolute Gasteiger partial charge is 0.494 e. The fourth-order valence-corrected chi connectivity index (χ4v) is 2.17. The van der Waals surface area contributed by atoms with Gasteiger partial charge in [-0.15, -0.1) is 10.2 Å². The molecule has 0 atom stereocenters. The van der Waals surface area contributed by atoms with Crippen LogP contribution < -0.4 is 4.74 Å². The first-order chi connectivity index (χ1) is 11.8. The molecule has 0 spiro atoms. The second-order valence-corrected chi connectivity index (χ2v) is 5.33. The first-order valence-electron chi connectivity index (χ1n) is 7.87. The fourth-order valence-electron chi connectivity index (χ4n) is 2.17. The lowest BCUT2D eigenvalue weighted by Crippen LogP contribution is -1.95. The average molecular weight is 319 g/mol. The summed E-state index contributed by atoms with van der Waals surface area (Å²) in [5, 5.41) is 17.0. The molecule has 0 unspecified atom stereocenters. The second kappa shape index (κ2) is 7.42. The maximum absolute atomic E-state index is 8.83. The molecular formula is C19H17N3O2. The Morgan fingerprint density at radius 2 is 1.54 bits per heavy atom. The van der Waals surface area contributed by atoms with Gasteiger partial charge in [-0.2, -0.15) is 5.26 Å². The number of benzene rings is 2. The Balaban J connectivity index is 1.74. The molecule has 2 aromatic carbocycles. The highest BCUT2D eigenvalue weighted by Gasteiger charge is 2.10. The molecule has 0 saturated heterocycles. The van der Waals surface area contributed by atoms with Gasteiger partial charge in [0.2, 0.25) is 11.8 Å². The Kier molecular flexibility index (Phi) is 4.87. The van der Waals surface area contributed by atoms with Crippen molar-refractivity contribution in [2.24, 2.45) is 0 Å². The number of aromatic nitrogens is 2. The van der Waals surface area contributed by atoms with Gasteiger partial charge in [0.25, 0.3) is 0 Å². The SMILES string of the molecule is CCCCOc1ccc(-c2nnc(-c3ccc(C#N)cc3)o2)cc1. The van der Waals surface area contributed by atoms with Crippen molar-refractivity contribution in [1.82, 2.24) is 10.2 Å². The summed E-state index contributed by atoms with van der Waals surface area (Å²) >= 11 is 0. The standard InChI is InChI=1S/C19H17N3O2/c1-2-3-12-23-17-10-8-16(9-11-17)19-22-21-18(24-19)15-6-4-14(13-20)5-7-15/h4-11H,2-3,12H2,1H3. The molecule has 120 valence electrons. The molecule has 0 bridgehead atoms. The zero-order valence-electron chi connectivity index (χ0n) is 13.4. The van der Waals surface area contributed by atoms with Crippen LogP contribution in [0.1, 0.15) is 25.3 Å². The third-order valence-electron chi connectivity index (χ3n) is 3.55. The van der Waals surface area contributed by atoms with Crippen LogP contribution in [0.2, 0.25) is 0 Å². The summed E-state index contributed by atoms with van der Waals surface area (Å²) in [6.07, 6.45) is 2.15. The highest BCUT2D eigenvalue weighted by atomic mass is 16.5. The predicted octanol–water partition coefficient (Wildman–Crippen LogP) is 4.45. The van der Waals surface area contributed by atoms with Gasteiger partial charge in [-0.1, -0.05) is 13.3 Å². The summed E-state index contributed by atoms with van der Waals surface area (Å²) in [5.74, 6) is 1.71. The van der Waals surface area contributed by atoms with E-state index in [1.54, 1.807) is 24.3 Å². The summed E-state index contributed by atoms with van der Waals surface area (Å²) in [6, 6.07) is 16.7. The van der Waals surface area contributed by atoms with Gasteiger partial charge in [-0.3, -0.25) is 0 Å². The normalized spacial score (nSPS) is 10.3. The monoisotopic (exact) mass is 319 g/mol. The molecule has 0 fully saturated rings. The second-order valence-electron chi connectivity index (χ2n) is 5.33. The number of rotatable bonds is 6. The van der Waals surface area contributed by atoms with E-state index in [0.717, 1.165) is 36.3 Å². The van der Waals surface area contributed by atoms with Crippen molar-refractivity contribution >= 4 is 0 Å². The Morgan fingerprint density at radius 3 is 2.08 bits per heavy atom. The van der Waals surface area contributed by atoms with Crippen molar-refractivity contribution < 1.29 is 9.15 Å². The molecule has 0 radical (unpaired) electrons. The van der Waals surface area contributed by atoms with Gasteiger partial charge in [0.15, 0.2) is 0 Å². The summed E-state index contributed by atoms with van der Waals surface area (Å²) in [5.41, 5.74) is 2.22. The van der Waals surface area contributed by atoms with Crippen LogP contribution in [0, 0.1) is 11.3 Å². The van der Waals surface area contributed by atoms with Gasteiger partial charge in [0, 0.05) is 11.1 Å². The lowest BCUT2D eigenvalue weighted by molar-refractivity contribution is 0.309. The van der Waals surface area contributed by atoms with Gasteiger partial charge >= 0.3 is 0 Å². The molecule has 5 heteroatoms. The molecule has 3 rings (SSSR count). The highest BCUT2D eigenvalue weighted by molar-refractivity contribution is 5.59. The van der Waals surface area contributed by atoms with Crippen molar-refractivity contribution in [2.45, 2.75) is 19.8 Å². The van der Waals surface area contributed by atoms with Gasteiger partial charge in [-0.25, -0.2) is 0 Å². The van der Waals surface area contributed by atoms with Crippen LogP contribution in [-0.4, -0.2) is 16.8 Å². The molecule has 1 aromatic heterocycles. The maximum Gasteiger partial charge on any atom is 0.248 e. The van der Waals surface area contributed by atoms with Crippen LogP contribution in [0.4, 0.5) is 0 Å². The Hall–Kier alpha value is -3.13. The molecular weight excluding hydrogens is 302 g/mol. The Labute approximate surface area is 140 Å². The van der Waals surface area contributed by atoms with Crippen molar-refractivity contribution in [3.63, 3.8) is 0 Å². The van der Waals surface area contributed by atoms with Crippen LogP contribution in [-0.2, 0) is 0 Å². The van der Waals surface area contributed by atoms with Crippen molar-refractivity contribution in [2.75, 3.05) is 6.61 Å². The highest BCUT2D eigenvalue weighted by Crippen LogP contribution is 2.25. The van der Waals surface area contributed by atoms with Gasteiger partial charge < -0.3 is 9.15 Å². The summed E-state index contributed by atoms with van der Waals surface area (Å²) in [7, 11) is 0. The topological polar surface area (TPSA) is 71.9 Å². The zero-order valence-corrected chi connectivity index (χ0v) is 13.4. The van der Waals surface area contributed by atoms with E-state index in [0.29, 0.717) is 17.3 Å². The lowest BCUT2D eigenvalue weighted by Gasteiger charge is -2.05. The number of unbranched alkanes of at least 4 members (excludes halogenated alkanes) is 1. The number of hydrogen-bond donors (Lipinski definition) is 0. The van der Waals surface area contributed by atoms with E-state index in [1.165, 1.54) is 0 Å². The summed E-state index contributed by atoms with van der Waals surface area (Å²) in [6.45, 7) is 2.85. The number of hydrogen-bond acceptors (Lipinski definition) is 5. The smallest absolute Gasteiger partial charge is 0.248 e. The van der Waals surface area contributed by atoms with Gasteiger partial charge in [0.05, 0.1) is 18.2 Å². The fraction of sp³-hybridized carbons (Fsp3) is 0.211. The first kappa shape index (κ1) is 15.8. The minimum atomic E-state index is 0.428. The molecule has 5 nitrogen and oxygen atoms in total. The van der Waals surface area contributed by atoms with E-state index < -0.39 is 0 Å². The maximum atomic E-state index is 8.83. The minimum Gasteiger partial charge on any atom is -0.494 e. The van der Waals surface area contributed by atoms with Crippen molar-refractivity contribution in [3.05, 3.63) is 54.1 Å². The predicted molar refractivity (Wildman–Crippen MR) is 90.3 cm³/mol. The molecule has 0 aliphatic carbocycles. The molecule has 3 aromatic rings. The number of nitrogens with zero attached hydrogens (tertiary/aromatic N) is 3. The van der Waals surface area contributed by atoms with Gasteiger partial charge in [-0.05, 0) is 55.0 Å². The zero-order chi connectivity index (χ0) is 16.8. The molecule has 24 heavy (non-hydrogen) atoms. The molecule has 0 aliphatic heterocycles. The van der Waals surface area contributed by atoms with E-state index in [4.69, 9.17) is 14.4 Å². The van der Waals surface area contributed by atoms with Crippen molar-refractivity contribution in [1.29, 1.82) is 5.26 Å². The minimum absolute atomic E-state index is 0.428. The molecule has 1 heterocycles. The van der Waals surface area contributed by atoms with E-state index in [2.05, 4.69) is 23.2 Å². The number of ether oxygens (including phenoxy) is 1. The van der Waals surface area contributed by atoms with Crippen LogP contribution >= 0.6 is 0 Å². The first-order valence-corrected chi connectivity index (χ1v) is 7.87. The Morgan fingerprint density at radius 1 is 0.958 bits per heavy atom. The van der Waals surface area contributed by atoms with Crippen LogP contribution in [0.5, 0.6) is 5.75 Å². The van der Waals surface area contributed by atoms with E-state index >= 15 is 0 Å². The molecule has 0 N–H and O–H groups in total. The van der Waals surface area contributed by atoms with Crippen LogP contribution in [0.3, 0.4) is 0 Å². The van der Waals surface area contributed by atoms with Crippen LogP contribution in [0.25, 0.3) is 22.9 Å². The van der Waals surface area contributed by atoms with E-state index in [9.17, 15) is 0 Å². The van der Waals surface area contributed by atoms with Crippen LogP contribution in [0.15, 0.2) is 52.9 Å². The third kappa shape index (κ3) is 3.61.